The summed E-state index contributed by atoms with van der Waals surface area (Å²) < 4.78 is 0. The van der Waals surface area contributed by atoms with Crippen LogP contribution in [0.3, 0.4) is 0 Å². The smallest absolute Gasteiger partial charge is 0.166 e. The number of aryl methyl sites for hydroxylation is 1. The standard InChI is InChI=1S/C19H28NO3S/c21-16(7-6-15-4-2-1-3-5-15)8-9-18-20-12-13-24(18)17-10-11-19(22,23)14-17/h1-5,14,16-17,21-24H,6-13H2. The quantitative estimate of drug-likeness (QED) is 0.450. The van der Waals surface area contributed by atoms with Crippen molar-refractivity contribution in [1.82, 2.24) is 0 Å². The van der Waals surface area contributed by atoms with Crippen molar-refractivity contribution in [2.45, 2.75) is 55.7 Å². The number of aliphatic hydroxyl groups excluding tert-OH is 1. The number of hydrogen-bond acceptors (Lipinski definition) is 4. The first-order valence-corrected chi connectivity index (χ1v) is 10.5. The third-order valence-electron chi connectivity index (χ3n) is 4.94. The van der Waals surface area contributed by atoms with Gasteiger partial charge in [-0.25, -0.2) is 10.9 Å². The SMILES string of the molecule is OC(CCC1=NCC[SH]1C1[CH]C(O)(O)CC1)CCc1ccccc1. The number of hydrogen-bond donors (Lipinski definition) is 4. The topological polar surface area (TPSA) is 73.1 Å². The average Bonchev–Trinajstić information content (AvgIpc) is 3.17. The molecule has 0 amide bonds. The summed E-state index contributed by atoms with van der Waals surface area (Å²) in [7, 11) is -0.389. The molecule has 1 aliphatic carbocycles. The maximum Gasteiger partial charge on any atom is 0.166 e. The van der Waals surface area contributed by atoms with Crippen LogP contribution in [0, 0.1) is 6.42 Å². The zero-order chi connectivity index (χ0) is 17.0. The van der Waals surface area contributed by atoms with Crippen molar-refractivity contribution in [3.63, 3.8) is 0 Å². The maximum absolute atomic E-state index is 10.3. The minimum absolute atomic E-state index is 0.276. The second-order valence-electron chi connectivity index (χ2n) is 6.86. The zero-order valence-corrected chi connectivity index (χ0v) is 14.9. The number of aliphatic imine (C=N–C) groups is 1. The molecule has 3 rings (SSSR count). The molecular formula is C19H28NO3S. The first-order valence-electron chi connectivity index (χ1n) is 8.86. The van der Waals surface area contributed by atoms with Gasteiger partial charge in [0.2, 0.25) is 0 Å². The molecule has 133 valence electrons. The molecule has 2 aliphatic rings. The van der Waals surface area contributed by atoms with Crippen molar-refractivity contribution in [3.8, 4) is 0 Å². The molecule has 1 fully saturated rings. The molecule has 5 heteroatoms. The maximum atomic E-state index is 10.3. The van der Waals surface area contributed by atoms with Crippen LogP contribution < -0.4 is 0 Å². The lowest BCUT2D eigenvalue weighted by atomic mass is 10.0. The van der Waals surface area contributed by atoms with E-state index in [9.17, 15) is 15.3 Å². The van der Waals surface area contributed by atoms with E-state index in [4.69, 9.17) is 0 Å². The van der Waals surface area contributed by atoms with Crippen LogP contribution in [0.4, 0.5) is 0 Å². The van der Waals surface area contributed by atoms with Crippen molar-refractivity contribution in [1.29, 1.82) is 0 Å². The van der Waals surface area contributed by atoms with Gasteiger partial charge in [0.05, 0.1) is 6.10 Å². The van der Waals surface area contributed by atoms with Crippen LogP contribution in [0.5, 0.6) is 0 Å². The Morgan fingerprint density at radius 1 is 1.17 bits per heavy atom. The third kappa shape index (κ3) is 4.82. The molecule has 3 N–H and O–H groups in total. The molecular weight excluding hydrogens is 322 g/mol. The summed E-state index contributed by atoms with van der Waals surface area (Å²) in [5.41, 5.74) is 1.26. The highest BCUT2D eigenvalue weighted by Crippen LogP contribution is 2.47. The predicted octanol–water partition coefficient (Wildman–Crippen LogP) is 2.22. The van der Waals surface area contributed by atoms with Crippen molar-refractivity contribution in [2.24, 2.45) is 4.99 Å². The van der Waals surface area contributed by atoms with Gasteiger partial charge in [0.25, 0.3) is 0 Å². The van der Waals surface area contributed by atoms with Gasteiger partial charge < -0.3 is 15.3 Å². The summed E-state index contributed by atoms with van der Waals surface area (Å²) in [5, 5.41) is 31.2. The molecule has 1 radical (unpaired) electrons. The number of benzene rings is 1. The van der Waals surface area contributed by atoms with Gasteiger partial charge in [-0.2, -0.15) is 0 Å². The summed E-state index contributed by atoms with van der Waals surface area (Å²) >= 11 is 0. The molecule has 0 aromatic heterocycles. The van der Waals surface area contributed by atoms with Gasteiger partial charge in [0.1, 0.15) is 0 Å². The zero-order valence-electron chi connectivity index (χ0n) is 14.0. The van der Waals surface area contributed by atoms with Crippen LogP contribution in [0.2, 0.25) is 0 Å². The summed E-state index contributed by atoms with van der Waals surface area (Å²) in [5.74, 6) is -0.530. The van der Waals surface area contributed by atoms with Crippen LogP contribution in [-0.4, -0.2) is 49.8 Å². The molecule has 24 heavy (non-hydrogen) atoms. The van der Waals surface area contributed by atoms with E-state index >= 15 is 0 Å². The summed E-state index contributed by atoms with van der Waals surface area (Å²) in [6.45, 7) is 0.856. The molecule has 3 atom stereocenters. The van der Waals surface area contributed by atoms with Gasteiger partial charge in [-0.1, -0.05) is 30.3 Å². The lowest BCUT2D eigenvalue weighted by Crippen LogP contribution is -2.26. The first-order chi connectivity index (χ1) is 11.5. The highest BCUT2D eigenvalue weighted by molar-refractivity contribution is 8.30. The third-order valence-corrected chi connectivity index (χ3v) is 7.86. The van der Waals surface area contributed by atoms with E-state index < -0.39 is 5.79 Å². The monoisotopic (exact) mass is 350 g/mol. The van der Waals surface area contributed by atoms with Crippen molar-refractivity contribution < 1.29 is 15.3 Å². The average molecular weight is 351 g/mol. The Morgan fingerprint density at radius 3 is 2.62 bits per heavy atom. The van der Waals surface area contributed by atoms with Crippen LogP contribution in [-0.2, 0) is 6.42 Å². The Hall–Kier alpha value is -0.880. The predicted molar refractivity (Wildman–Crippen MR) is 101 cm³/mol. The molecule has 1 aromatic carbocycles. The van der Waals surface area contributed by atoms with Gasteiger partial charge >= 0.3 is 0 Å². The number of aliphatic hydroxyl groups is 3. The summed E-state index contributed by atoms with van der Waals surface area (Å²) in [6.07, 6.45) is 5.96. The minimum Gasteiger partial charge on any atom is -0.393 e. The van der Waals surface area contributed by atoms with E-state index in [-0.39, 0.29) is 22.2 Å². The minimum atomic E-state index is -1.59. The fourth-order valence-corrected chi connectivity index (χ4v) is 6.43. The van der Waals surface area contributed by atoms with Crippen LogP contribution in [0.1, 0.15) is 37.7 Å². The number of rotatable bonds is 7. The molecule has 1 heterocycles. The lowest BCUT2D eigenvalue weighted by molar-refractivity contribution is -0.124. The molecule has 3 unspecified atom stereocenters. The Bertz CT molecular complexity index is 561. The summed E-state index contributed by atoms with van der Waals surface area (Å²) in [6, 6.07) is 10.3. The van der Waals surface area contributed by atoms with Crippen LogP contribution in [0.25, 0.3) is 0 Å². The Balaban J connectivity index is 1.43. The molecule has 0 saturated heterocycles. The molecule has 1 aliphatic heterocycles. The van der Waals surface area contributed by atoms with Crippen molar-refractivity contribution >= 4 is 15.9 Å². The fraction of sp³-hybridized carbons (Fsp3) is 0.579. The highest BCUT2D eigenvalue weighted by Gasteiger charge is 2.40. The number of nitrogens with zero attached hydrogens (tertiary/aromatic N) is 1. The van der Waals surface area contributed by atoms with E-state index in [0.717, 1.165) is 44.4 Å². The van der Waals surface area contributed by atoms with Gasteiger partial charge in [0, 0.05) is 24.4 Å². The molecule has 1 saturated carbocycles. The normalized spacial score (nSPS) is 28.7. The van der Waals surface area contributed by atoms with Gasteiger partial charge in [-0.3, -0.25) is 4.99 Å². The van der Waals surface area contributed by atoms with E-state index in [0.29, 0.717) is 6.42 Å². The van der Waals surface area contributed by atoms with E-state index in [2.05, 4.69) is 17.1 Å². The first kappa shape index (κ1) is 17.9. The Kier molecular flexibility index (Phi) is 5.98. The van der Waals surface area contributed by atoms with Gasteiger partial charge in [-0.15, -0.1) is 0 Å². The Morgan fingerprint density at radius 2 is 1.92 bits per heavy atom. The second kappa shape index (κ2) is 8.00. The molecule has 4 nitrogen and oxygen atoms in total. The highest BCUT2D eigenvalue weighted by atomic mass is 32.2. The van der Waals surface area contributed by atoms with Crippen LogP contribution >= 0.6 is 10.9 Å². The number of thiol groups is 1. The van der Waals surface area contributed by atoms with Gasteiger partial charge in [0.15, 0.2) is 5.79 Å². The van der Waals surface area contributed by atoms with Crippen molar-refractivity contribution in [3.05, 3.63) is 42.3 Å². The van der Waals surface area contributed by atoms with E-state index in [1.807, 2.05) is 18.2 Å². The lowest BCUT2D eigenvalue weighted by Gasteiger charge is -2.26. The summed E-state index contributed by atoms with van der Waals surface area (Å²) in [4.78, 5) is 4.65. The van der Waals surface area contributed by atoms with E-state index in [1.165, 1.54) is 10.6 Å². The van der Waals surface area contributed by atoms with Crippen molar-refractivity contribution in [2.75, 3.05) is 12.3 Å². The molecule has 0 bridgehead atoms. The second-order valence-corrected chi connectivity index (χ2v) is 9.43. The largest absolute Gasteiger partial charge is 0.393 e. The van der Waals surface area contributed by atoms with Crippen LogP contribution in [0.15, 0.2) is 35.3 Å². The Labute approximate surface area is 147 Å². The fourth-order valence-electron chi connectivity index (χ4n) is 3.59. The molecule has 0 spiro atoms. The molecule has 1 aromatic rings. The van der Waals surface area contributed by atoms with E-state index in [1.54, 1.807) is 6.42 Å². The van der Waals surface area contributed by atoms with Gasteiger partial charge in [-0.05, 0) is 48.7 Å².